The molecule has 202 valence electrons. The van der Waals surface area contributed by atoms with Gasteiger partial charge in [-0.3, -0.25) is 13.9 Å². The molecule has 1 aliphatic carbocycles. The van der Waals surface area contributed by atoms with Gasteiger partial charge in [0, 0.05) is 30.0 Å². The van der Waals surface area contributed by atoms with Crippen LogP contribution in [-0.4, -0.2) is 50.0 Å². The van der Waals surface area contributed by atoms with Crippen LogP contribution < -0.4 is 9.62 Å². The van der Waals surface area contributed by atoms with E-state index in [1.165, 1.54) is 30.7 Å². The van der Waals surface area contributed by atoms with Gasteiger partial charge in [0.25, 0.3) is 0 Å². The van der Waals surface area contributed by atoms with Crippen LogP contribution in [0, 0.1) is 5.82 Å². The van der Waals surface area contributed by atoms with E-state index in [0.29, 0.717) is 5.69 Å². The van der Waals surface area contributed by atoms with Crippen molar-refractivity contribution in [3.05, 3.63) is 64.4 Å². The third-order valence-corrected chi connectivity index (χ3v) is 8.31. The van der Waals surface area contributed by atoms with E-state index in [9.17, 15) is 22.4 Å². The Morgan fingerprint density at radius 2 is 1.78 bits per heavy atom. The van der Waals surface area contributed by atoms with E-state index in [4.69, 9.17) is 0 Å². The fraction of sp³-hybridized carbons (Fsp3) is 0.481. The standard InChI is InChI=1S/C27H35BrFN3O4S/c1-20(27(34)30-24-10-4-3-5-11-24)31(19-21-8-6-9-22(28)18-21)26(33)12-7-17-32(37(2,35)36)25-15-13-23(29)14-16-25/h6,8-9,13-16,18,20,24H,3-5,7,10-12,17,19H2,1-2H3,(H,30,34)/t20-/m1/s1. The molecule has 1 aliphatic rings. The van der Waals surface area contributed by atoms with Crippen LogP contribution in [0.3, 0.4) is 0 Å². The lowest BCUT2D eigenvalue weighted by Gasteiger charge is -2.31. The predicted molar refractivity (Wildman–Crippen MR) is 147 cm³/mol. The Balaban J connectivity index is 1.71. The van der Waals surface area contributed by atoms with E-state index in [0.717, 1.165) is 46.3 Å². The fourth-order valence-corrected chi connectivity index (χ4v) is 6.01. The van der Waals surface area contributed by atoms with Gasteiger partial charge in [-0.15, -0.1) is 0 Å². The van der Waals surface area contributed by atoms with E-state index in [1.54, 1.807) is 11.8 Å². The molecule has 0 spiro atoms. The van der Waals surface area contributed by atoms with Crippen LogP contribution >= 0.6 is 15.9 Å². The second kappa shape index (κ2) is 13.4. The summed E-state index contributed by atoms with van der Waals surface area (Å²) in [6.45, 7) is 2.05. The van der Waals surface area contributed by atoms with Crippen molar-refractivity contribution in [1.29, 1.82) is 0 Å². The maximum Gasteiger partial charge on any atom is 0.242 e. The molecule has 0 saturated heterocycles. The van der Waals surface area contributed by atoms with E-state index in [1.807, 2.05) is 24.3 Å². The molecule has 3 rings (SSSR count). The maximum absolute atomic E-state index is 13.4. The number of amides is 2. The normalized spacial score (nSPS) is 15.1. The van der Waals surface area contributed by atoms with E-state index in [-0.39, 0.29) is 43.8 Å². The number of benzene rings is 2. The highest BCUT2D eigenvalue weighted by atomic mass is 79.9. The van der Waals surface area contributed by atoms with Crippen LogP contribution in [0.25, 0.3) is 0 Å². The lowest BCUT2D eigenvalue weighted by molar-refractivity contribution is -0.141. The zero-order chi connectivity index (χ0) is 27.0. The first-order valence-corrected chi connectivity index (χ1v) is 15.3. The Bertz CT molecular complexity index is 1170. The molecule has 0 aliphatic heterocycles. The highest BCUT2D eigenvalue weighted by Crippen LogP contribution is 2.21. The first-order chi connectivity index (χ1) is 17.5. The van der Waals surface area contributed by atoms with Gasteiger partial charge in [-0.2, -0.15) is 0 Å². The van der Waals surface area contributed by atoms with Crippen molar-refractivity contribution in [2.75, 3.05) is 17.1 Å². The van der Waals surface area contributed by atoms with Crippen molar-refractivity contribution in [1.82, 2.24) is 10.2 Å². The van der Waals surface area contributed by atoms with E-state index < -0.39 is 21.9 Å². The molecule has 37 heavy (non-hydrogen) atoms. The summed E-state index contributed by atoms with van der Waals surface area (Å²) in [7, 11) is -3.63. The van der Waals surface area contributed by atoms with Gasteiger partial charge in [0.15, 0.2) is 0 Å². The number of sulfonamides is 1. The molecule has 0 radical (unpaired) electrons. The SMILES string of the molecule is C[C@H](C(=O)NC1CCCCC1)N(Cc1cccc(Br)c1)C(=O)CCCN(c1ccc(F)cc1)S(C)(=O)=O. The highest BCUT2D eigenvalue weighted by Gasteiger charge is 2.28. The third kappa shape index (κ3) is 8.81. The topological polar surface area (TPSA) is 86.8 Å². The molecule has 10 heteroatoms. The minimum atomic E-state index is -3.63. The molecular weight excluding hydrogens is 561 g/mol. The number of nitrogens with one attached hydrogen (secondary N) is 1. The van der Waals surface area contributed by atoms with Crippen LogP contribution in [0.2, 0.25) is 0 Å². The van der Waals surface area contributed by atoms with Crippen molar-refractivity contribution < 1.29 is 22.4 Å². The lowest BCUT2D eigenvalue weighted by Crippen LogP contribution is -2.50. The molecule has 2 amide bonds. The highest BCUT2D eigenvalue weighted by molar-refractivity contribution is 9.10. The molecule has 1 N–H and O–H groups in total. The minimum Gasteiger partial charge on any atom is -0.352 e. The summed E-state index contributed by atoms with van der Waals surface area (Å²) >= 11 is 3.46. The Labute approximate surface area is 227 Å². The fourth-order valence-electron chi connectivity index (χ4n) is 4.59. The second-order valence-corrected chi connectivity index (χ2v) is 12.4. The van der Waals surface area contributed by atoms with Gasteiger partial charge in [-0.05, 0) is 68.1 Å². The lowest BCUT2D eigenvalue weighted by atomic mass is 9.95. The smallest absolute Gasteiger partial charge is 0.242 e. The molecule has 2 aromatic carbocycles. The summed E-state index contributed by atoms with van der Waals surface area (Å²) in [6.07, 6.45) is 6.63. The van der Waals surface area contributed by atoms with E-state index >= 15 is 0 Å². The van der Waals surface area contributed by atoms with Crippen LogP contribution in [0.4, 0.5) is 10.1 Å². The summed E-state index contributed by atoms with van der Waals surface area (Å²) in [5, 5.41) is 3.11. The van der Waals surface area contributed by atoms with Gasteiger partial charge < -0.3 is 10.2 Å². The van der Waals surface area contributed by atoms with Crippen molar-refractivity contribution in [2.45, 2.75) is 70.5 Å². The number of hydrogen-bond donors (Lipinski definition) is 1. The molecule has 0 bridgehead atoms. The van der Waals surface area contributed by atoms with Crippen molar-refractivity contribution in [3.8, 4) is 0 Å². The van der Waals surface area contributed by atoms with Crippen LogP contribution in [-0.2, 0) is 26.2 Å². The average Bonchev–Trinajstić information content (AvgIpc) is 2.85. The molecule has 1 atom stereocenters. The van der Waals surface area contributed by atoms with Gasteiger partial charge in [0.2, 0.25) is 21.8 Å². The number of hydrogen-bond acceptors (Lipinski definition) is 4. The van der Waals surface area contributed by atoms with Crippen LogP contribution in [0.15, 0.2) is 53.0 Å². The zero-order valence-corrected chi connectivity index (χ0v) is 23.7. The first kappa shape index (κ1) is 29.1. The van der Waals surface area contributed by atoms with Crippen LogP contribution in [0.1, 0.15) is 57.4 Å². The number of nitrogens with zero attached hydrogens (tertiary/aromatic N) is 2. The van der Waals surface area contributed by atoms with Gasteiger partial charge in [-0.1, -0.05) is 47.3 Å². The van der Waals surface area contributed by atoms with Gasteiger partial charge >= 0.3 is 0 Å². The van der Waals surface area contributed by atoms with Crippen LogP contribution in [0.5, 0.6) is 0 Å². The summed E-state index contributed by atoms with van der Waals surface area (Å²) in [5.41, 5.74) is 1.21. The summed E-state index contributed by atoms with van der Waals surface area (Å²) < 4.78 is 40.1. The van der Waals surface area contributed by atoms with Crippen molar-refractivity contribution >= 4 is 43.5 Å². The molecule has 0 heterocycles. The number of anilines is 1. The third-order valence-electron chi connectivity index (χ3n) is 6.63. The maximum atomic E-state index is 13.4. The first-order valence-electron chi connectivity index (χ1n) is 12.6. The van der Waals surface area contributed by atoms with E-state index in [2.05, 4.69) is 21.2 Å². The minimum absolute atomic E-state index is 0.0578. The Morgan fingerprint density at radius 3 is 2.41 bits per heavy atom. The largest absolute Gasteiger partial charge is 0.352 e. The zero-order valence-electron chi connectivity index (χ0n) is 21.3. The second-order valence-electron chi connectivity index (χ2n) is 9.59. The molecule has 0 unspecified atom stereocenters. The summed E-state index contributed by atoms with van der Waals surface area (Å²) in [4.78, 5) is 28.1. The molecule has 0 aromatic heterocycles. The molecule has 1 fully saturated rings. The number of rotatable bonds is 11. The quantitative estimate of drug-likeness (QED) is 0.396. The predicted octanol–water partition coefficient (Wildman–Crippen LogP) is 5.00. The van der Waals surface area contributed by atoms with Crippen molar-refractivity contribution in [2.24, 2.45) is 0 Å². The average molecular weight is 597 g/mol. The molecular formula is C27H35BrFN3O4S. The summed E-state index contributed by atoms with van der Waals surface area (Å²) in [6, 6.07) is 12.2. The van der Waals surface area contributed by atoms with Gasteiger partial charge in [-0.25, -0.2) is 12.8 Å². The van der Waals surface area contributed by atoms with Crippen molar-refractivity contribution in [3.63, 3.8) is 0 Å². The monoisotopic (exact) mass is 595 g/mol. The van der Waals surface area contributed by atoms with Gasteiger partial charge in [0.1, 0.15) is 11.9 Å². The molecule has 1 saturated carbocycles. The molecule has 7 nitrogen and oxygen atoms in total. The Hall–Kier alpha value is -2.46. The summed E-state index contributed by atoms with van der Waals surface area (Å²) in [5.74, 6) is -0.880. The Morgan fingerprint density at radius 1 is 1.11 bits per heavy atom. The number of carbonyl (C=O) groups excluding carboxylic acids is 2. The number of halogens is 2. The molecule has 2 aromatic rings. The Kier molecular flexibility index (Phi) is 10.5. The van der Waals surface area contributed by atoms with Gasteiger partial charge in [0.05, 0.1) is 11.9 Å². The number of carbonyl (C=O) groups is 2.